The number of nitrogens with one attached hydrogen (secondary N) is 1. The normalized spacial score (nSPS) is 14.9. The number of carbonyl (C=O) groups is 1. The molecule has 0 spiro atoms. The lowest BCUT2D eigenvalue weighted by Gasteiger charge is -2.15. The molecule has 6 heteroatoms. The molecule has 0 aromatic heterocycles. The summed E-state index contributed by atoms with van der Waals surface area (Å²) < 4.78 is 0.499. The monoisotopic (exact) mass is 413 g/mol. The summed E-state index contributed by atoms with van der Waals surface area (Å²) in [7, 11) is 0. The van der Waals surface area contributed by atoms with Gasteiger partial charge >= 0.3 is 0 Å². The Morgan fingerprint density at radius 1 is 0.931 bits per heavy atom. The van der Waals surface area contributed by atoms with Gasteiger partial charge in [-0.2, -0.15) is 5.26 Å². The van der Waals surface area contributed by atoms with Gasteiger partial charge in [-0.1, -0.05) is 54.3 Å². The largest absolute Gasteiger partial charge is 0.356 e. The molecular formula is C23H15N3OS2. The van der Waals surface area contributed by atoms with Crippen LogP contribution in [-0.4, -0.2) is 10.2 Å². The number of anilines is 3. The standard InChI is InChI=1S/C23H15N3OS2/c24-15-17-8-6-16(7-9-17)14-21-22(27)26(23(28)29-21)20-12-10-19(11-13-20)25-18-4-2-1-3-5-18/h1-14,25H/b21-14-. The number of nitrogens with zero attached hydrogens (tertiary/aromatic N) is 2. The van der Waals surface area contributed by atoms with Crippen LogP contribution in [0.25, 0.3) is 6.08 Å². The first-order chi connectivity index (χ1) is 14.1. The van der Waals surface area contributed by atoms with E-state index >= 15 is 0 Å². The molecule has 1 heterocycles. The van der Waals surface area contributed by atoms with Gasteiger partial charge in [-0.05, 0) is 60.2 Å². The van der Waals surface area contributed by atoms with Gasteiger partial charge in [-0.25, -0.2) is 0 Å². The highest BCUT2D eigenvalue weighted by molar-refractivity contribution is 8.27. The molecular weight excluding hydrogens is 398 g/mol. The highest BCUT2D eigenvalue weighted by atomic mass is 32.2. The zero-order valence-corrected chi connectivity index (χ0v) is 16.8. The Hall–Kier alpha value is -3.40. The van der Waals surface area contributed by atoms with E-state index in [1.54, 1.807) is 23.1 Å². The maximum Gasteiger partial charge on any atom is 0.270 e. The van der Waals surface area contributed by atoms with E-state index in [0.29, 0.717) is 14.8 Å². The fraction of sp³-hybridized carbons (Fsp3) is 0. The maximum absolute atomic E-state index is 12.9. The van der Waals surface area contributed by atoms with Crippen molar-refractivity contribution in [3.8, 4) is 6.07 Å². The minimum absolute atomic E-state index is 0.145. The van der Waals surface area contributed by atoms with E-state index in [0.717, 1.165) is 22.6 Å². The second-order valence-corrected chi connectivity index (χ2v) is 7.96. The predicted molar refractivity (Wildman–Crippen MR) is 123 cm³/mol. The molecule has 4 rings (SSSR count). The summed E-state index contributed by atoms with van der Waals surface area (Å²) in [5.74, 6) is -0.145. The Bertz CT molecular complexity index is 1130. The van der Waals surface area contributed by atoms with Crippen molar-refractivity contribution in [3.05, 3.63) is 94.9 Å². The fourth-order valence-corrected chi connectivity index (χ4v) is 4.18. The third-order valence-electron chi connectivity index (χ3n) is 4.32. The van der Waals surface area contributed by atoms with Crippen LogP contribution in [0.1, 0.15) is 11.1 Å². The second kappa shape index (κ2) is 8.31. The van der Waals surface area contributed by atoms with Crippen LogP contribution in [-0.2, 0) is 4.79 Å². The lowest BCUT2D eigenvalue weighted by atomic mass is 10.1. The first-order valence-electron chi connectivity index (χ1n) is 8.84. The van der Waals surface area contributed by atoms with Gasteiger partial charge in [0, 0.05) is 11.4 Å². The SMILES string of the molecule is N#Cc1ccc(/C=C2\SC(=S)N(c3ccc(Nc4ccccc4)cc3)C2=O)cc1. The van der Waals surface area contributed by atoms with Gasteiger partial charge in [0.25, 0.3) is 5.91 Å². The fourth-order valence-electron chi connectivity index (χ4n) is 2.88. The summed E-state index contributed by atoms with van der Waals surface area (Å²) in [4.78, 5) is 15.0. The lowest BCUT2D eigenvalue weighted by molar-refractivity contribution is -0.113. The summed E-state index contributed by atoms with van der Waals surface area (Å²) in [6.45, 7) is 0. The molecule has 1 amide bonds. The highest BCUT2D eigenvalue weighted by Crippen LogP contribution is 2.36. The average Bonchev–Trinajstić information content (AvgIpc) is 3.03. The molecule has 1 N–H and O–H groups in total. The molecule has 3 aromatic rings. The molecule has 1 aliphatic heterocycles. The molecule has 1 fully saturated rings. The minimum atomic E-state index is -0.145. The van der Waals surface area contributed by atoms with Crippen molar-refractivity contribution < 1.29 is 4.79 Å². The molecule has 0 atom stereocenters. The van der Waals surface area contributed by atoms with E-state index in [2.05, 4.69) is 11.4 Å². The number of benzene rings is 3. The van der Waals surface area contributed by atoms with Gasteiger partial charge in [0.15, 0.2) is 4.32 Å². The van der Waals surface area contributed by atoms with Crippen LogP contribution >= 0.6 is 24.0 Å². The lowest BCUT2D eigenvalue weighted by Crippen LogP contribution is -2.27. The Kier molecular flexibility index (Phi) is 5.43. The number of carbonyl (C=O) groups excluding carboxylic acids is 1. The summed E-state index contributed by atoms with van der Waals surface area (Å²) >= 11 is 6.72. The van der Waals surface area contributed by atoms with E-state index in [4.69, 9.17) is 17.5 Å². The van der Waals surface area contributed by atoms with Gasteiger partial charge in [0.05, 0.1) is 22.2 Å². The molecule has 0 aliphatic carbocycles. The maximum atomic E-state index is 12.9. The predicted octanol–water partition coefficient (Wildman–Crippen LogP) is 5.71. The van der Waals surface area contributed by atoms with Crippen LogP contribution in [0.2, 0.25) is 0 Å². The van der Waals surface area contributed by atoms with E-state index in [-0.39, 0.29) is 5.91 Å². The van der Waals surface area contributed by atoms with Crippen LogP contribution in [0.5, 0.6) is 0 Å². The van der Waals surface area contributed by atoms with Crippen LogP contribution in [0.3, 0.4) is 0 Å². The van der Waals surface area contributed by atoms with Crippen molar-refractivity contribution in [1.82, 2.24) is 0 Å². The smallest absolute Gasteiger partial charge is 0.270 e. The number of amides is 1. The zero-order valence-electron chi connectivity index (χ0n) is 15.2. The first kappa shape index (κ1) is 18.9. The van der Waals surface area contributed by atoms with E-state index in [1.165, 1.54) is 11.8 Å². The molecule has 0 bridgehead atoms. The van der Waals surface area contributed by atoms with Crippen molar-refractivity contribution in [2.24, 2.45) is 0 Å². The van der Waals surface area contributed by atoms with Gasteiger partial charge < -0.3 is 5.32 Å². The Morgan fingerprint density at radius 3 is 2.24 bits per heavy atom. The number of nitriles is 1. The van der Waals surface area contributed by atoms with E-state index in [9.17, 15) is 4.79 Å². The summed E-state index contributed by atoms with van der Waals surface area (Å²) in [6.07, 6.45) is 1.80. The topological polar surface area (TPSA) is 56.1 Å². The molecule has 0 radical (unpaired) electrons. The van der Waals surface area contributed by atoms with Crippen LogP contribution in [0, 0.1) is 11.3 Å². The molecule has 4 nitrogen and oxygen atoms in total. The third kappa shape index (κ3) is 4.21. The summed E-state index contributed by atoms with van der Waals surface area (Å²) in [5, 5.41) is 12.2. The van der Waals surface area contributed by atoms with Crippen molar-refractivity contribution in [1.29, 1.82) is 5.26 Å². The molecule has 140 valence electrons. The van der Waals surface area contributed by atoms with Gasteiger partial charge in [-0.15, -0.1) is 0 Å². The number of hydrogen-bond acceptors (Lipinski definition) is 5. The van der Waals surface area contributed by atoms with Crippen molar-refractivity contribution in [2.75, 3.05) is 10.2 Å². The number of thioether (sulfide) groups is 1. The Morgan fingerprint density at radius 2 is 1.59 bits per heavy atom. The quantitative estimate of drug-likeness (QED) is 0.439. The van der Waals surface area contributed by atoms with Crippen molar-refractivity contribution >= 4 is 57.3 Å². The first-order valence-corrected chi connectivity index (χ1v) is 10.1. The molecule has 1 aliphatic rings. The van der Waals surface area contributed by atoms with Crippen LogP contribution < -0.4 is 10.2 Å². The molecule has 29 heavy (non-hydrogen) atoms. The summed E-state index contributed by atoms with van der Waals surface area (Å²) in [6, 6.07) is 26.6. The summed E-state index contributed by atoms with van der Waals surface area (Å²) in [5.41, 5.74) is 4.09. The van der Waals surface area contributed by atoms with E-state index < -0.39 is 0 Å². The van der Waals surface area contributed by atoms with Gasteiger partial charge in [0.1, 0.15) is 0 Å². The second-order valence-electron chi connectivity index (χ2n) is 6.29. The third-order valence-corrected chi connectivity index (χ3v) is 5.62. The number of hydrogen-bond donors (Lipinski definition) is 1. The number of rotatable bonds is 4. The number of para-hydroxylation sites is 1. The van der Waals surface area contributed by atoms with Crippen LogP contribution in [0.15, 0.2) is 83.8 Å². The Labute approximate surface area is 178 Å². The van der Waals surface area contributed by atoms with Crippen molar-refractivity contribution in [2.45, 2.75) is 0 Å². The van der Waals surface area contributed by atoms with E-state index in [1.807, 2.05) is 66.7 Å². The van der Waals surface area contributed by atoms with Crippen LogP contribution in [0.4, 0.5) is 17.1 Å². The molecule has 3 aromatic carbocycles. The molecule has 0 saturated carbocycles. The minimum Gasteiger partial charge on any atom is -0.356 e. The molecule has 0 unspecified atom stereocenters. The van der Waals surface area contributed by atoms with Crippen molar-refractivity contribution in [3.63, 3.8) is 0 Å². The zero-order chi connectivity index (χ0) is 20.2. The Balaban J connectivity index is 1.52. The van der Waals surface area contributed by atoms with Gasteiger partial charge in [0.2, 0.25) is 0 Å². The molecule has 1 saturated heterocycles. The number of thiocarbonyl (C=S) groups is 1. The average molecular weight is 414 g/mol. The highest BCUT2D eigenvalue weighted by Gasteiger charge is 2.33. The van der Waals surface area contributed by atoms with Gasteiger partial charge in [-0.3, -0.25) is 9.69 Å².